The first-order valence-corrected chi connectivity index (χ1v) is 8.56. The second kappa shape index (κ2) is 7.56. The number of nitrogens with one attached hydrogen (secondary N) is 1. The summed E-state index contributed by atoms with van der Waals surface area (Å²) in [5, 5.41) is 3.65. The maximum atomic E-state index is 14.0. The molecule has 2 rings (SSSR count). The molecule has 0 spiro atoms. The van der Waals surface area contributed by atoms with Crippen molar-refractivity contribution in [1.29, 1.82) is 0 Å². The molecule has 20 heavy (non-hydrogen) atoms. The summed E-state index contributed by atoms with van der Waals surface area (Å²) < 4.78 is 14.9. The second-order valence-corrected chi connectivity index (χ2v) is 7.09. The molecule has 0 heterocycles. The summed E-state index contributed by atoms with van der Waals surface area (Å²) in [6.07, 6.45) is 5.79. The molecule has 0 amide bonds. The smallest absolute Gasteiger partial charge is 0.126 e. The SMILES string of the molecule is CCCNC(Cc1cc(Br)ccc1F)C1CCC(C)C1. The van der Waals surface area contributed by atoms with Gasteiger partial charge < -0.3 is 5.32 Å². The van der Waals surface area contributed by atoms with Gasteiger partial charge in [-0.25, -0.2) is 4.39 Å². The normalized spacial score (nSPS) is 24.0. The Morgan fingerprint density at radius 3 is 2.85 bits per heavy atom. The van der Waals surface area contributed by atoms with Gasteiger partial charge in [0, 0.05) is 10.5 Å². The lowest BCUT2D eigenvalue weighted by Crippen LogP contribution is -2.38. The molecule has 1 saturated carbocycles. The quantitative estimate of drug-likeness (QED) is 0.772. The zero-order valence-corrected chi connectivity index (χ0v) is 14.0. The summed E-state index contributed by atoms with van der Waals surface area (Å²) in [5.41, 5.74) is 0.826. The van der Waals surface area contributed by atoms with Crippen LogP contribution in [-0.4, -0.2) is 12.6 Å². The van der Waals surface area contributed by atoms with Crippen molar-refractivity contribution < 1.29 is 4.39 Å². The molecule has 1 aliphatic carbocycles. The molecule has 1 aliphatic rings. The standard InChI is InChI=1S/C17H25BrFN/c1-3-8-20-17(13-5-4-12(2)9-13)11-14-10-15(18)6-7-16(14)19/h6-7,10,12-13,17,20H,3-5,8-9,11H2,1-2H3. The highest BCUT2D eigenvalue weighted by Gasteiger charge is 2.29. The van der Waals surface area contributed by atoms with Crippen molar-refractivity contribution in [3.63, 3.8) is 0 Å². The fourth-order valence-electron chi connectivity index (χ4n) is 3.29. The van der Waals surface area contributed by atoms with Gasteiger partial charge in [0.05, 0.1) is 0 Å². The molecular weight excluding hydrogens is 317 g/mol. The molecule has 0 aliphatic heterocycles. The van der Waals surface area contributed by atoms with Crippen LogP contribution in [-0.2, 0) is 6.42 Å². The Morgan fingerprint density at radius 1 is 1.40 bits per heavy atom. The lowest BCUT2D eigenvalue weighted by atomic mass is 9.91. The average molecular weight is 342 g/mol. The highest BCUT2D eigenvalue weighted by molar-refractivity contribution is 9.10. The Labute approximate surface area is 130 Å². The molecule has 0 saturated heterocycles. The topological polar surface area (TPSA) is 12.0 Å². The monoisotopic (exact) mass is 341 g/mol. The van der Waals surface area contributed by atoms with Crippen molar-refractivity contribution in [2.24, 2.45) is 11.8 Å². The molecule has 1 N–H and O–H groups in total. The summed E-state index contributed by atoms with van der Waals surface area (Å²) in [6.45, 7) is 5.53. The maximum Gasteiger partial charge on any atom is 0.126 e. The second-order valence-electron chi connectivity index (χ2n) is 6.18. The summed E-state index contributed by atoms with van der Waals surface area (Å²) in [4.78, 5) is 0. The Hall–Kier alpha value is -0.410. The van der Waals surface area contributed by atoms with Crippen LogP contribution in [0.5, 0.6) is 0 Å². The van der Waals surface area contributed by atoms with Crippen LogP contribution in [0.3, 0.4) is 0 Å². The van der Waals surface area contributed by atoms with E-state index in [1.54, 1.807) is 12.1 Å². The van der Waals surface area contributed by atoms with Crippen molar-refractivity contribution in [3.05, 3.63) is 34.1 Å². The van der Waals surface area contributed by atoms with Crippen LogP contribution in [0.25, 0.3) is 0 Å². The Morgan fingerprint density at radius 2 is 2.20 bits per heavy atom. The van der Waals surface area contributed by atoms with E-state index in [1.165, 1.54) is 19.3 Å². The fourth-order valence-corrected chi connectivity index (χ4v) is 3.70. The van der Waals surface area contributed by atoms with Crippen LogP contribution in [0.2, 0.25) is 0 Å². The van der Waals surface area contributed by atoms with Gasteiger partial charge in [-0.1, -0.05) is 36.2 Å². The third kappa shape index (κ3) is 4.29. The minimum atomic E-state index is -0.0810. The molecule has 0 aromatic heterocycles. The third-order valence-electron chi connectivity index (χ3n) is 4.41. The summed E-state index contributed by atoms with van der Waals surface area (Å²) >= 11 is 3.44. The first-order chi connectivity index (χ1) is 9.60. The van der Waals surface area contributed by atoms with Gasteiger partial charge in [-0.2, -0.15) is 0 Å². The van der Waals surface area contributed by atoms with Crippen molar-refractivity contribution in [1.82, 2.24) is 5.32 Å². The maximum absolute atomic E-state index is 14.0. The molecule has 3 heteroatoms. The van der Waals surface area contributed by atoms with Crippen LogP contribution in [0.4, 0.5) is 4.39 Å². The van der Waals surface area contributed by atoms with E-state index in [4.69, 9.17) is 0 Å². The van der Waals surface area contributed by atoms with Crippen LogP contribution in [0, 0.1) is 17.7 Å². The average Bonchev–Trinajstić information content (AvgIpc) is 2.85. The number of rotatable bonds is 6. The van der Waals surface area contributed by atoms with E-state index in [0.29, 0.717) is 12.0 Å². The molecule has 1 nitrogen and oxygen atoms in total. The Balaban J connectivity index is 2.08. The molecule has 0 bridgehead atoms. The highest BCUT2D eigenvalue weighted by atomic mass is 79.9. The van der Waals surface area contributed by atoms with Gasteiger partial charge in [0.15, 0.2) is 0 Å². The van der Waals surface area contributed by atoms with E-state index >= 15 is 0 Å². The minimum absolute atomic E-state index is 0.0810. The molecule has 3 unspecified atom stereocenters. The van der Waals surface area contributed by atoms with Crippen LogP contribution >= 0.6 is 15.9 Å². The molecule has 1 fully saturated rings. The summed E-state index contributed by atoms with van der Waals surface area (Å²) in [5.74, 6) is 1.43. The predicted molar refractivity (Wildman–Crippen MR) is 86.4 cm³/mol. The van der Waals surface area contributed by atoms with E-state index in [2.05, 4.69) is 35.1 Å². The first kappa shape index (κ1) is 16.0. The third-order valence-corrected chi connectivity index (χ3v) is 4.90. The van der Waals surface area contributed by atoms with Crippen LogP contribution in [0.15, 0.2) is 22.7 Å². The number of hydrogen-bond acceptors (Lipinski definition) is 1. The highest BCUT2D eigenvalue weighted by Crippen LogP contribution is 2.34. The van der Waals surface area contributed by atoms with Crippen molar-refractivity contribution in [2.45, 2.75) is 52.0 Å². The van der Waals surface area contributed by atoms with E-state index in [0.717, 1.165) is 35.3 Å². The zero-order valence-electron chi connectivity index (χ0n) is 12.5. The van der Waals surface area contributed by atoms with Crippen molar-refractivity contribution in [3.8, 4) is 0 Å². The minimum Gasteiger partial charge on any atom is -0.313 e. The van der Waals surface area contributed by atoms with Crippen LogP contribution in [0.1, 0.15) is 45.1 Å². The Kier molecular flexibility index (Phi) is 6.03. The summed E-state index contributed by atoms with van der Waals surface area (Å²) in [7, 11) is 0. The van der Waals surface area contributed by atoms with Gasteiger partial charge in [0.2, 0.25) is 0 Å². The van der Waals surface area contributed by atoms with Gasteiger partial charge in [0.1, 0.15) is 5.82 Å². The number of hydrogen-bond donors (Lipinski definition) is 1. The number of benzene rings is 1. The molecule has 1 aromatic carbocycles. The van der Waals surface area contributed by atoms with E-state index in [-0.39, 0.29) is 5.82 Å². The zero-order chi connectivity index (χ0) is 14.5. The lowest BCUT2D eigenvalue weighted by Gasteiger charge is -2.25. The van der Waals surface area contributed by atoms with E-state index < -0.39 is 0 Å². The van der Waals surface area contributed by atoms with Gasteiger partial charge in [0.25, 0.3) is 0 Å². The van der Waals surface area contributed by atoms with E-state index in [9.17, 15) is 4.39 Å². The molecule has 3 atom stereocenters. The molecular formula is C17H25BrFN. The lowest BCUT2D eigenvalue weighted by molar-refractivity contribution is 0.345. The number of halogens is 2. The molecule has 1 aromatic rings. The van der Waals surface area contributed by atoms with E-state index in [1.807, 2.05) is 6.07 Å². The van der Waals surface area contributed by atoms with Gasteiger partial charge in [-0.15, -0.1) is 0 Å². The summed E-state index contributed by atoms with van der Waals surface area (Å²) in [6, 6.07) is 5.66. The molecule has 0 radical (unpaired) electrons. The van der Waals surface area contributed by atoms with Gasteiger partial charge in [-0.3, -0.25) is 0 Å². The van der Waals surface area contributed by atoms with Crippen LogP contribution < -0.4 is 5.32 Å². The Bertz CT molecular complexity index is 435. The van der Waals surface area contributed by atoms with Gasteiger partial charge >= 0.3 is 0 Å². The van der Waals surface area contributed by atoms with Gasteiger partial charge in [-0.05, 0) is 67.8 Å². The van der Waals surface area contributed by atoms with Crippen molar-refractivity contribution >= 4 is 15.9 Å². The van der Waals surface area contributed by atoms with Crippen molar-refractivity contribution in [2.75, 3.05) is 6.54 Å². The predicted octanol–water partition coefficient (Wildman–Crippen LogP) is 4.94. The molecule has 112 valence electrons. The first-order valence-electron chi connectivity index (χ1n) is 7.77. The fraction of sp³-hybridized carbons (Fsp3) is 0.647. The largest absolute Gasteiger partial charge is 0.313 e.